The van der Waals surface area contributed by atoms with Gasteiger partial charge in [-0.3, -0.25) is 14.9 Å². The Hall–Kier alpha value is -2.44. The van der Waals surface area contributed by atoms with Crippen molar-refractivity contribution in [1.29, 1.82) is 0 Å². The molecule has 7 heteroatoms. The Morgan fingerprint density at radius 2 is 2.29 bits per heavy atom. The van der Waals surface area contributed by atoms with Gasteiger partial charge in [0.05, 0.1) is 18.2 Å². The summed E-state index contributed by atoms with van der Waals surface area (Å²) in [4.78, 5) is 22.8. The van der Waals surface area contributed by atoms with Crippen molar-refractivity contribution >= 4 is 17.8 Å². The SMILES string of the molecule is COc1ccc(/C=N\NC(=O)[C@H]2[C@@H]3CCCC[C@]32C)cc1[N+](=O)[O-]. The second-order valence-corrected chi connectivity index (χ2v) is 6.76. The van der Waals surface area contributed by atoms with Crippen molar-refractivity contribution in [3.8, 4) is 5.75 Å². The zero-order valence-electron chi connectivity index (χ0n) is 13.8. The summed E-state index contributed by atoms with van der Waals surface area (Å²) < 4.78 is 4.95. The third kappa shape index (κ3) is 2.86. The Bertz CT molecular complexity index is 703. The molecule has 1 aromatic rings. The number of carbonyl (C=O) groups is 1. The van der Waals surface area contributed by atoms with E-state index in [1.165, 1.54) is 38.3 Å². The van der Waals surface area contributed by atoms with E-state index < -0.39 is 4.92 Å². The van der Waals surface area contributed by atoms with Crippen LogP contribution in [0.4, 0.5) is 5.69 Å². The molecule has 0 spiro atoms. The zero-order valence-corrected chi connectivity index (χ0v) is 13.8. The molecule has 2 saturated carbocycles. The van der Waals surface area contributed by atoms with E-state index in [2.05, 4.69) is 17.5 Å². The van der Waals surface area contributed by atoms with Crippen LogP contribution in [0.15, 0.2) is 23.3 Å². The number of nitrogens with zero attached hydrogens (tertiary/aromatic N) is 2. The molecule has 2 aliphatic rings. The summed E-state index contributed by atoms with van der Waals surface area (Å²) in [5, 5.41) is 15.0. The average Bonchev–Trinajstić information content (AvgIpc) is 3.20. The van der Waals surface area contributed by atoms with Crippen LogP contribution in [0.5, 0.6) is 5.75 Å². The van der Waals surface area contributed by atoms with Crippen molar-refractivity contribution in [2.75, 3.05) is 7.11 Å². The molecule has 24 heavy (non-hydrogen) atoms. The summed E-state index contributed by atoms with van der Waals surface area (Å²) >= 11 is 0. The average molecular weight is 331 g/mol. The second-order valence-electron chi connectivity index (χ2n) is 6.76. The van der Waals surface area contributed by atoms with Crippen LogP contribution in [-0.4, -0.2) is 24.2 Å². The highest BCUT2D eigenvalue weighted by molar-refractivity contribution is 5.86. The smallest absolute Gasteiger partial charge is 0.311 e. The molecule has 0 aliphatic heterocycles. The van der Waals surface area contributed by atoms with Gasteiger partial charge in [0.1, 0.15) is 0 Å². The maximum Gasteiger partial charge on any atom is 0.311 e. The van der Waals surface area contributed by atoms with E-state index in [1.807, 2.05) is 0 Å². The van der Waals surface area contributed by atoms with Gasteiger partial charge >= 0.3 is 5.69 Å². The molecule has 2 aliphatic carbocycles. The van der Waals surface area contributed by atoms with Crippen LogP contribution in [-0.2, 0) is 4.79 Å². The second kappa shape index (κ2) is 6.22. The molecule has 3 atom stereocenters. The van der Waals surface area contributed by atoms with E-state index in [1.54, 1.807) is 6.07 Å². The lowest BCUT2D eigenvalue weighted by atomic mass is 9.90. The lowest BCUT2D eigenvalue weighted by Crippen LogP contribution is -2.22. The fourth-order valence-electron chi connectivity index (χ4n) is 4.02. The summed E-state index contributed by atoms with van der Waals surface area (Å²) in [5.41, 5.74) is 3.12. The quantitative estimate of drug-likeness (QED) is 0.510. The van der Waals surface area contributed by atoms with Crippen molar-refractivity contribution in [2.24, 2.45) is 22.4 Å². The zero-order chi connectivity index (χ0) is 17.3. The van der Waals surface area contributed by atoms with Crippen LogP contribution in [0.2, 0.25) is 0 Å². The minimum Gasteiger partial charge on any atom is -0.490 e. The van der Waals surface area contributed by atoms with Crippen LogP contribution in [0.3, 0.4) is 0 Å². The van der Waals surface area contributed by atoms with Gasteiger partial charge in [-0.05, 0) is 36.3 Å². The van der Waals surface area contributed by atoms with Gasteiger partial charge in [-0.15, -0.1) is 0 Å². The van der Waals surface area contributed by atoms with E-state index in [4.69, 9.17) is 4.74 Å². The van der Waals surface area contributed by atoms with Crippen LogP contribution in [0.1, 0.15) is 38.2 Å². The molecule has 0 heterocycles. The summed E-state index contributed by atoms with van der Waals surface area (Å²) in [6.07, 6.45) is 6.02. The molecule has 3 rings (SSSR count). The molecule has 0 aromatic heterocycles. The van der Waals surface area contributed by atoms with Crippen molar-refractivity contribution < 1.29 is 14.5 Å². The number of benzene rings is 1. The number of hydrazone groups is 1. The summed E-state index contributed by atoms with van der Waals surface area (Å²) in [5.74, 6) is 0.658. The maximum atomic E-state index is 12.3. The molecule has 0 radical (unpaired) electrons. The van der Waals surface area contributed by atoms with Crippen molar-refractivity contribution in [3.63, 3.8) is 0 Å². The Kier molecular flexibility index (Phi) is 4.26. The number of rotatable bonds is 5. The number of nitrogens with one attached hydrogen (secondary N) is 1. The Morgan fingerprint density at radius 3 is 2.92 bits per heavy atom. The van der Waals surface area contributed by atoms with Gasteiger partial charge in [-0.25, -0.2) is 5.43 Å². The maximum absolute atomic E-state index is 12.3. The predicted molar refractivity (Wildman–Crippen MR) is 88.9 cm³/mol. The first-order chi connectivity index (χ1) is 11.5. The van der Waals surface area contributed by atoms with Crippen LogP contribution < -0.4 is 10.2 Å². The summed E-state index contributed by atoms with van der Waals surface area (Å²) in [6.45, 7) is 2.18. The fraction of sp³-hybridized carbons (Fsp3) is 0.529. The normalized spacial score (nSPS) is 28.2. The first-order valence-electron chi connectivity index (χ1n) is 8.12. The molecular formula is C17H21N3O4. The molecule has 7 nitrogen and oxygen atoms in total. The number of methoxy groups -OCH3 is 1. The number of nitro groups is 1. The van der Waals surface area contributed by atoms with E-state index in [-0.39, 0.29) is 28.7 Å². The standard InChI is InChI=1S/C17H21N3O4/c1-17-8-4-3-5-12(17)15(17)16(21)19-18-10-11-6-7-14(24-2)13(9-11)20(22)23/h6-7,9-10,12,15H,3-5,8H2,1-2H3,(H,19,21)/b18-10-/t12-,15+,17+/m0/s1. The molecule has 2 fully saturated rings. The van der Waals surface area contributed by atoms with Crippen molar-refractivity contribution in [1.82, 2.24) is 5.43 Å². The predicted octanol–water partition coefficient (Wildman–Crippen LogP) is 2.88. The fourth-order valence-corrected chi connectivity index (χ4v) is 4.02. The first-order valence-corrected chi connectivity index (χ1v) is 8.12. The summed E-state index contributed by atoms with van der Waals surface area (Å²) in [7, 11) is 1.38. The monoisotopic (exact) mass is 331 g/mol. The number of carbonyl (C=O) groups excluding carboxylic acids is 1. The van der Waals surface area contributed by atoms with Crippen LogP contribution in [0, 0.1) is 27.4 Å². The number of hydrogen-bond donors (Lipinski definition) is 1. The van der Waals surface area contributed by atoms with Gasteiger partial charge in [0.25, 0.3) is 0 Å². The van der Waals surface area contributed by atoms with E-state index in [0.29, 0.717) is 11.5 Å². The lowest BCUT2D eigenvalue weighted by molar-refractivity contribution is -0.385. The number of nitro benzene ring substituents is 1. The Labute approximate surface area is 140 Å². The van der Waals surface area contributed by atoms with E-state index >= 15 is 0 Å². The van der Waals surface area contributed by atoms with E-state index in [9.17, 15) is 14.9 Å². The van der Waals surface area contributed by atoms with Crippen LogP contribution in [0.25, 0.3) is 0 Å². The molecular weight excluding hydrogens is 310 g/mol. The molecule has 128 valence electrons. The third-order valence-corrected chi connectivity index (χ3v) is 5.40. The molecule has 1 amide bonds. The van der Waals surface area contributed by atoms with Crippen molar-refractivity contribution in [2.45, 2.75) is 32.6 Å². The number of ether oxygens (including phenoxy) is 1. The van der Waals surface area contributed by atoms with Gasteiger partial charge in [0.15, 0.2) is 5.75 Å². The number of amides is 1. The largest absolute Gasteiger partial charge is 0.490 e. The van der Waals surface area contributed by atoms with Gasteiger partial charge in [-0.1, -0.05) is 19.8 Å². The minimum atomic E-state index is -0.509. The topological polar surface area (TPSA) is 93.8 Å². The third-order valence-electron chi connectivity index (χ3n) is 5.40. The highest BCUT2D eigenvalue weighted by Crippen LogP contribution is 2.66. The molecule has 0 unspecified atom stereocenters. The molecule has 1 N–H and O–H groups in total. The Morgan fingerprint density at radius 1 is 1.50 bits per heavy atom. The lowest BCUT2D eigenvalue weighted by Gasteiger charge is -2.15. The highest BCUT2D eigenvalue weighted by atomic mass is 16.6. The van der Waals surface area contributed by atoms with Gasteiger partial charge in [0.2, 0.25) is 5.91 Å². The van der Waals surface area contributed by atoms with Gasteiger partial charge < -0.3 is 4.74 Å². The van der Waals surface area contributed by atoms with Gasteiger partial charge in [-0.2, -0.15) is 5.10 Å². The highest BCUT2D eigenvalue weighted by Gasteiger charge is 2.64. The van der Waals surface area contributed by atoms with Crippen molar-refractivity contribution in [3.05, 3.63) is 33.9 Å². The molecule has 1 aromatic carbocycles. The Balaban J connectivity index is 1.64. The van der Waals surface area contributed by atoms with Crippen LogP contribution >= 0.6 is 0 Å². The summed E-state index contributed by atoms with van der Waals surface area (Å²) in [6, 6.07) is 4.53. The number of fused-ring (bicyclic) bond motifs is 1. The number of hydrogen-bond acceptors (Lipinski definition) is 5. The van der Waals surface area contributed by atoms with Gasteiger partial charge in [0, 0.05) is 17.5 Å². The molecule has 0 bridgehead atoms. The van der Waals surface area contributed by atoms with E-state index in [0.717, 1.165) is 12.8 Å². The molecule has 0 saturated heterocycles. The minimum absolute atomic E-state index is 0.0438. The first kappa shape index (κ1) is 16.4.